The Morgan fingerprint density at radius 1 is 1.50 bits per heavy atom. The molecule has 0 aliphatic heterocycles. The molecule has 0 heterocycles. The summed E-state index contributed by atoms with van der Waals surface area (Å²) in [5.41, 5.74) is 4.71. The van der Waals surface area contributed by atoms with E-state index in [9.17, 15) is 18.7 Å². The van der Waals surface area contributed by atoms with Gasteiger partial charge >= 0.3 is 0 Å². The minimum Gasteiger partial charge on any atom is -0.507 e. The number of halogens is 2. The zero-order chi connectivity index (χ0) is 10.7. The molecule has 0 atom stereocenters. The van der Waals surface area contributed by atoms with Crippen molar-refractivity contribution in [2.75, 3.05) is 6.54 Å². The summed E-state index contributed by atoms with van der Waals surface area (Å²) in [6.45, 7) is -0.262. The van der Waals surface area contributed by atoms with Crippen molar-refractivity contribution < 1.29 is 18.7 Å². The van der Waals surface area contributed by atoms with Gasteiger partial charge in [-0.15, -0.1) is 0 Å². The zero-order valence-electron chi connectivity index (χ0n) is 7.21. The van der Waals surface area contributed by atoms with E-state index in [-0.39, 0.29) is 17.7 Å². The molecule has 0 unspecified atom stereocenters. The van der Waals surface area contributed by atoms with E-state index >= 15 is 0 Å². The van der Waals surface area contributed by atoms with Crippen molar-refractivity contribution in [3.05, 3.63) is 29.3 Å². The first-order valence-electron chi connectivity index (χ1n) is 3.90. The molecule has 0 aromatic heterocycles. The minimum absolute atomic E-state index is 0.0306. The first kappa shape index (κ1) is 10.6. The van der Waals surface area contributed by atoms with Crippen LogP contribution >= 0.6 is 0 Å². The molecule has 0 radical (unpaired) electrons. The lowest BCUT2D eigenvalue weighted by molar-refractivity contribution is 0.0998. The highest BCUT2D eigenvalue weighted by Crippen LogP contribution is 2.25. The second kappa shape index (κ2) is 4.15. The number of ketones is 1. The van der Waals surface area contributed by atoms with Gasteiger partial charge in [0.2, 0.25) is 0 Å². The van der Waals surface area contributed by atoms with E-state index in [0.717, 1.165) is 18.2 Å². The van der Waals surface area contributed by atoms with Crippen LogP contribution in [0.5, 0.6) is 5.75 Å². The third kappa shape index (κ3) is 2.05. The number of carbonyl (C=O) groups excluding carboxylic acids is 1. The van der Waals surface area contributed by atoms with Gasteiger partial charge in [-0.3, -0.25) is 4.79 Å². The van der Waals surface area contributed by atoms with E-state index in [1.165, 1.54) is 0 Å². The monoisotopic (exact) mass is 201 g/mol. The Bertz CT molecular complexity index is 353. The van der Waals surface area contributed by atoms with Crippen molar-refractivity contribution in [3.8, 4) is 5.75 Å². The Kier molecular flexibility index (Phi) is 3.14. The van der Waals surface area contributed by atoms with Crippen molar-refractivity contribution in [2.45, 2.75) is 6.43 Å². The van der Waals surface area contributed by atoms with E-state index in [2.05, 4.69) is 0 Å². The van der Waals surface area contributed by atoms with Gasteiger partial charge in [0, 0.05) is 5.56 Å². The second-order valence-electron chi connectivity index (χ2n) is 2.70. The van der Waals surface area contributed by atoms with Gasteiger partial charge in [-0.2, -0.15) is 0 Å². The molecule has 0 amide bonds. The summed E-state index contributed by atoms with van der Waals surface area (Å²) < 4.78 is 24.3. The van der Waals surface area contributed by atoms with Crippen molar-refractivity contribution in [3.63, 3.8) is 0 Å². The van der Waals surface area contributed by atoms with E-state index in [4.69, 9.17) is 5.73 Å². The minimum atomic E-state index is -2.66. The molecule has 0 bridgehead atoms. The molecular formula is C9H9F2NO2. The molecule has 0 saturated carbocycles. The maximum atomic E-state index is 12.1. The number of hydrogen-bond acceptors (Lipinski definition) is 3. The first-order chi connectivity index (χ1) is 6.56. The van der Waals surface area contributed by atoms with Gasteiger partial charge in [0.25, 0.3) is 6.43 Å². The summed E-state index contributed by atoms with van der Waals surface area (Å²) in [5.74, 6) is -0.943. The van der Waals surface area contributed by atoms with Crippen molar-refractivity contribution in [1.82, 2.24) is 0 Å². The Morgan fingerprint density at radius 2 is 2.14 bits per heavy atom. The molecule has 1 aromatic rings. The molecule has 1 rings (SSSR count). The number of carbonyl (C=O) groups is 1. The third-order valence-electron chi connectivity index (χ3n) is 1.76. The zero-order valence-corrected chi connectivity index (χ0v) is 7.21. The van der Waals surface area contributed by atoms with E-state index in [0.29, 0.717) is 0 Å². The molecule has 1 aromatic carbocycles. The molecule has 76 valence electrons. The smallest absolute Gasteiger partial charge is 0.263 e. The van der Waals surface area contributed by atoms with Crippen LogP contribution in [0.25, 0.3) is 0 Å². The number of nitrogens with two attached hydrogens (primary N) is 1. The Morgan fingerprint density at radius 3 is 2.57 bits per heavy atom. The fourth-order valence-corrected chi connectivity index (χ4v) is 1.03. The molecule has 3 N–H and O–H groups in total. The molecular weight excluding hydrogens is 192 g/mol. The lowest BCUT2D eigenvalue weighted by atomic mass is 10.1. The van der Waals surface area contributed by atoms with Crippen molar-refractivity contribution in [2.24, 2.45) is 5.73 Å². The van der Waals surface area contributed by atoms with Crippen LogP contribution < -0.4 is 5.73 Å². The third-order valence-corrected chi connectivity index (χ3v) is 1.76. The molecule has 5 heteroatoms. The summed E-state index contributed by atoms with van der Waals surface area (Å²) >= 11 is 0. The van der Waals surface area contributed by atoms with Gasteiger partial charge < -0.3 is 10.8 Å². The van der Waals surface area contributed by atoms with E-state index in [1.54, 1.807) is 0 Å². The number of benzene rings is 1. The van der Waals surface area contributed by atoms with Gasteiger partial charge in [-0.1, -0.05) is 6.07 Å². The molecule has 0 spiro atoms. The fraction of sp³-hybridized carbons (Fsp3) is 0.222. The average Bonchev–Trinajstić information content (AvgIpc) is 2.16. The molecule has 3 nitrogen and oxygen atoms in total. The second-order valence-corrected chi connectivity index (χ2v) is 2.70. The first-order valence-corrected chi connectivity index (χ1v) is 3.90. The van der Waals surface area contributed by atoms with Crippen LogP contribution in [-0.4, -0.2) is 17.4 Å². The van der Waals surface area contributed by atoms with Gasteiger partial charge in [0.1, 0.15) is 5.75 Å². The summed E-state index contributed by atoms with van der Waals surface area (Å²) in [7, 11) is 0. The van der Waals surface area contributed by atoms with Crippen LogP contribution in [0.1, 0.15) is 22.3 Å². The number of phenolic OH excluding ortho intramolecular Hbond substituents is 1. The van der Waals surface area contributed by atoms with E-state index in [1.807, 2.05) is 0 Å². The number of hydrogen-bond donors (Lipinski definition) is 2. The van der Waals surface area contributed by atoms with Crippen molar-refractivity contribution in [1.29, 1.82) is 0 Å². The van der Waals surface area contributed by atoms with Crippen LogP contribution in [0.3, 0.4) is 0 Å². The van der Waals surface area contributed by atoms with Crippen LogP contribution in [0.2, 0.25) is 0 Å². The van der Waals surface area contributed by atoms with Gasteiger partial charge in [0.15, 0.2) is 5.78 Å². The van der Waals surface area contributed by atoms with Gasteiger partial charge in [-0.05, 0) is 12.1 Å². The number of aromatic hydroxyl groups is 1. The fourth-order valence-electron chi connectivity index (χ4n) is 1.03. The Hall–Kier alpha value is -1.49. The number of alkyl halides is 2. The summed E-state index contributed by atoms with van der Waals surface area (Å²) in [6.07, 6.45) is -2.66. The maximum absolute atomic E-state index is 12.1. The highest BCUT2D eigenvalue weighted by Gasteiger charge is 2.13. The predicted molar refractivity (Wildman–Crippen MR) is 46.4 cm³/mol. The van der Waals surface area contributed by atoms with Crippen LogP contribution in [0, 0.1) is 0 Å². The SMILES string of the molecule is NCC(=O)c1ccc(C(F)F)cc1O. The molecule has 0 aliphatic carbocycles. The summed E-state index contributed by atoms with van der Waals surface area (Å²) in [4.78, 5) is 11.0. The van der Waals surface area contributed by atoms with Crippen molar-refractivity contribution >= 4 is 5.78 Å². The summed E-state index contributed by atoms with van der Waals surface area (Å²) in [5, 5.41) is 9.23. The highest BCUT2D eigenvalue weighted by molar-refractivity contribution is 5.99. The van der Waals surface area contributed by atoms with Crippen LogP contribution in [0.4, 0.5) is 8.78 Å². The topological polar surface area (TPSA) is 63.3 Å². The standard InChI is InChI=1S/C9H9F2NO2/c10-9(11)5-1-2-6(7(13)3-5)8(14)4-12/h1-3,9,13H,4,12H2. The lowest BCUT2D eigenvalue weighted by Gasteiger charge is -2.04. The molecule has 14 heavy (non-hydrogen) atoms. The molecule has 0 saturated heterocycles. The lowest BCUT2D eigenvalue weighted by Crippen LogP contribution is -2.13. The van der Waals surface area contributed by atoms with Gasteiger partial charge in [-0.25, -0.2) is 8.78 Å². The molecule has 0 fully saturated rings. The average molecular weight is 201 g/mol. The largest absolute Gasteiger partial charge is 0.507 e. The summed E-state index contributed by atoms with van der Waals surface area (Å²) in [6, 6.07) is 3.10. The van der Waals surface area contributed by atoms with Crippen LogP contribution in [-0.2, 0) is 0 Å². The predicted octanol–water partition coefficient (Wildman–Crippen LogP) is 1.47. The van der Waals surface area contributed by atoms with E-state index < -0.39 is 18.0 Å². The Balaban J connectivity index is 3.07. The number of phenols is 1. The van der Waals surface area contributed by atoms with Gasteiger partial charge in [0.05, 0.1) is 12.1 Å². The number of rotatable bonds is 3. The quantitative estimate of drug-likeness (QED) is 0.728. The number of Topliss-reactive ketones (excluding diaryl/α,β-unsaturated/α-hetero) is 1. The maximum Gasteiger partial charge on any atom is 0.263 e. The highest BCUT2D eigenvalue weighted by atomic mass is 19.3. The Labute approximate surface area is 79.2 Å². The van der Waals surface area contributed by atoms with Crippen LogP contribution in [0.15, 0.2) is 18.2 Å². The molecule has 0 aliphatic rings. The normalized spacial score (nSPS) is 10.6.